The van der Waals surface area contributed by atoms with E-state index in [1.807, 2.05) is 12.1 Å². The van der Waals surface area contributed by atoms with Gasteiger partial charge in [0.05, 0.1) is 19.8 Å². The Morgan fingerprint density at radius 1 is 1.15 bits per heavy atom. The molecule has 2 N–H and O–H groups in total. The number of morpholine rings is 1. The Labute approximate surface area is 198 Å². The zero-order valence-electron chi connectivity index (χ0n) is 19.3. The summed E-state index contributed by atoms with van der Waals surface area (Å²) >= 11 is 0. The fourth-order valence-electron chi connectivity index (χ4n) is 4.18. The highest BCUT2D eigenvalue weighted by Gasteiger charge is 2.34. The lowest BCUT2D eigenvalue weighted by atomic mass is 9.86. The molecule has 0 bridgehead atoms. The topological polar surface area (TPSA) is 88.6 Å². The Bertz CT molecular complexity index is 940. The van der Waals surface area contributed by atoms with Crippen LogP contribution in [0.5, 0.6) is 5.88 Å². The van der Waals surface area contributed by atoms with E-state index in [0.29, 0.717) is 38.2 Å². The van der Waals surface area contributed by atoms with Crippen LogP contribution in [0, 0.1) is 5.92 Å². The summed E-state index contributed by atoms with van der Waals surface area (Å²) < 4.78 is 37.4. The molecule has 34 heavy (non-hydrogen) atoms. The standard InChI is InChI=1S/C24H31F2N5O3/c1-24(25,26)22(32)28-18-4-2-17(3-5-18)16-34-21-10-11-27-23(30-21)29-19-6-8-20(9-7-19)31-12-14-33-15-13-31/h6-11,17-18H,2-5,12-16H2,1H3,(H,28,32)(H,27,29,30). The molecule has 1 aromatic carbocycles. The minimum absolute atomic E-state index is 0.209. The summed E-state index contributed by atoms with van der Waals surface area (Å²) in [5.74, 6) is -3.34. The summed E-state index contributed by atoms with van der Waals surface area (Å²) in [5, 5.41) is 5.64. The monoisotopic (exact) mass is 475 g/mol. The fraction of sp³-hybridized carbons (Fsp3) is 0.542. The highest BCUT2D eigenvalue weighted by molar-refractivity contribution is 5.83. The first-order chi connectivity index (χ1) is 16.4. The molecule has 1 aliphatic heterocycles. The third-order valence-electron chi connectivity index (χ3n) is 6.18. The Hall–Kier alpha value is -3.01. The van der Waals surface area contributed by atoms with Gasteiger partial charge in [-0.3, -0.25) is 4.79 Å². The molecule has 1 aromatic heterocycles. The van der Waals surface area contributed by atoms with Crippen molar-refractivity contribution in [3.05, 3.63) is 36.5 Å². The molecule has 1 saturated carbocycles. The maximum Gasteiger partial charge on any atom is 0.321 e. The van der Waals surface area contributed by atoms with Crippen molar-refractivity contribution in [2.24, 2.45) is 5.92 Å². The van der Waals surface area contributed by atoms with Crippen LogP contribution in [0.25, 0.3) is 0 Å². The van der Waals surface area contributed by atoms with Gasteiger partial charge < -0.3 is 25.0 Å². The van der Waals surface area contributed by atoms with Gasteiger partial charge >= 0.3 is 5.92 Å². The Morgan fingerprint density at radius 2 is 1.85 bits per heavy atom. The molecule has 184 valence electrons. The van der Waals surface area contributed by atoms with Gasteiger partial charge in [0.15, 0.2) is 0 Å². The normalized spacial score (nSPS) is 21.1. The molecular formula is C24H31F2N5O3. The van der Waals surface area contributed by atoms with Crippen LogP contribution >= 0.6 is 0 Å². The number of aromatic nitrogens is 2. The van der Waals surface area contributed by atoms with Crippen molar-refractivity contribution in [1.29, 1.82) is 0 Å². The van der Waals surface area contributed by atoms with Crippen molar-refractivity contribution < 1.29 is 23.0 Å². The Morgan fingerprint density at radius 3 is 2.53 bits per heavy atom. The molecule has 0 atom stereocenters. The van der Waals surface area contributed by atoms with Crippen molar-refractivity contribution in [2.45, 2.75) is 44.6 Å². The van der Waals surface area contributed by atoms with E-state index in [1.165, 1.54) is 0 Å². The predicted octanol–water partition coefficient (Wildman–Crippen LogP) is 3.77. The van der Waals surface area contributed by atoms with Crippen LogP contribution in [0.3, 0.4) is 0 Å². The first-order valence-corrected chi connectivity index (χ1v) is 11.7. The molecule has 1 amide bonds. The SMILES string of the molecule is CC(F)(F)C(=O)NC1CCC(COc2ccnc(Nc3ccc(N4CCOCC4)cc3)n2)CC1. The van der Waals surface area contributed by atoms with Crippen LogP contribution < -0.4 is 20.3 Å². The molecule has 2 aromatic rings. The van der Waals surface area contributed by atoms with Gasteiger partial charge in [-0.1, -0.05) is 0 Å². The summed E-state index contributed by atoms with van der Waals surface area (Å²) in [6, 6.07) is 9.62. The number of amides is 1. The molecule has 2 aliphatic rings. The zero-order chi connectivity index (χ0) is 24.0. The van der Waals surface area contributed by atoms with Crippen molar-refractivity contribution >= 4 is 23.2 Å². The number of alkyl halides is 2. The second-order valence-corrected chi connectivity index (χ2v) is 8.88. The average molecular weight is 476 g/mol. The first-order valence-electron chi connectivity index (χ1n) is 11.7. The summed E-state index contributed by atoms with van der Waals surface area (Å²) in [7, 11) is 0. The second-order valence-electron chi connectivity index (χ2n) is 8.88. The number of carbonyl (C=O) groups excluding carboxylic acids is 1. The van der Waals surface area contributed by atoms with Gasteiger partial charge in [0.1, 0.15) is 0 Å². The van der Waals surface area contributed by atoms with E-state index in [2.05, 4.69) is 37.6 Å². The molecule has 4 rings (SSSR count). The lowest BCUT2D eigenvalue weighted by molar-refractivity contribution is -0.144. The van der Waals surface area contributed by atoms with Crippen LogP contribution in [0.1, 0.15) is 32.6 Å². The third-order valence-corrected chi connectivity index (χ3v) is 6.18. The van der Waals surface area contributed by atoms with Crippen molar-refractivity contribution in [2.75, 3.05) is 43.1 Å². The maximum absolute atomic E-state index is 13.1. The van der Waals surface area contributed by atoms with E-state index in [1.54, 1.807) is 12.3 Å². The molecule has 0 spiro atoms. The first kappa shape index (κ1) is 24.1. The lowest BCUT2D eigenvalue weighted by Gasteiger charge is -2.29. The van der Waals surface area contributed by atoms with Crippen LogP contribution in [-0.4, -0.2) is 60.7 Å². The predicted molar refractivity (Wildman–Crippen MR) is 125 cm³/mol. The van der Waals surface area contributed by atoms with E-state index in [-0.39, 0.29) is 12.0 Å². The number of nitrogens with one attached hydrogen (secondary N) is 2. The fourth-order valence-corrected chi connectivity index (χ4v) is 4.18. The van der Waals surface area contributed by atoms with Gasteiger partial charge in [-0.2, -0.15) is 13.8 Å². The van der Waals surface area contributed by atoms with Crippen molar-refractivity contribution in [1.82, 2.24) is 15.3 Å². The molecule has 8 nitrogen and oxygen atoms in total. The van der Waals surface area contributed by atoms with E-state index < -0.39 is 11.8 Å². The van der Waals surface area contributed by atoms with Crippen LogP contribution in [0.4, 0.5) is 26.1 Å². The van der Waals surface area contributed by atoms with Gasteiger partial charge in [0.25, 0.3) is 5.91 Å². The number of nitrogens with zero attached hydrogens (tertiary/aromatic N) is 3. The summed E-state index contributed by atoms with van der Waals surface area (Å²) in [6.07, 6.45) is 4.56. The highest BCUT2D eigenvalue weighted by atomic mass is 19.3. The van der Waals surface area contributed by atoms with E-state index in [4.69, 9.17) is 9.47 Å². The van der Waals surface area contributed by atoms with Gasteiger partial charge in [-0.05, 0) is 55.9 Å². The van der Waals surface area contributed by atoms with E-state index >= 15 is 0 Å². The average Bonchev–Trinajstić information content (AvgIpc) is 2.84. The van der Waals surface area contributed by atoms with Crippen LogP contribution in [0.15, 0.2) is 36.5 Å². The third kappa shape index (κ3) is 6.75. The molecule has 1 aliphatic carbocycles. The molecule has 10 heteroatoms. The minimum atomic E-state index is -3.34. The number of benzene rings is 1. The van der Waals surface area contributed by atoms with Gasteiger partial charge in [-0.15, -0.1) is 0 Å². The largest absolute Gasteiger partial charge is 0.477 e. The van der Waals surface area contributed by atoms with Gasteiger partial charge in [-0.25, -0.2) is 4.98 Å². The molecular weight excluding hydrogens is 444 g/mol. The number of anilines is 3. The number of hydrogen-bond acceptors (Lipinski definition) is 7. The van der Waals surface area contributed by atoms with E-state index in [9.17, 15) is 13.6 Å². The number of carbonyl (C=O) groups is 1. The second kappa shape index (κ2) is 10.9. The summed E-state index contributed by atoms with van der Waals surface area (Å²) in [5.41, 5.74) is 2.04. The minimum Gasteiger partial charge on any atom is -0.477 e. The summed E-state index contributed by atoms with van der Waals surface area (Å²) in [4.78, 5) is 22.5. The molecule has 0 radical (unpaired) electrons. The quantitative estimate of drug-likeness (QED) is 0.601. The number of hydrogen-bond donors (Lipinski definition) is 2. The molecule has 0 unspecified atom stereocenters. The summed E-state index contributed by atoms with van der Waals surface area (Å²) in [6.45, 7) is 4.37. The maximum atomic E-state index is 13.1. The Kier molecular flexibility index (Phi) is 7.77. The highest BCUT2D eigenvalue weighted by Crippen LogP contribution is 2.26. The number of rotatable bonds is 8. The Balaban J connectivity index is 1.23. The van der Waals surface area contributed by atoms with Crippen LogP contribution in [-0.2, 0) is 9.53 Å². The van der Waals surface area contributed by atoms with Gasteiger partial charge in [0, 0.05) is 49.7 Å². The lowest BCUT2D eigenvalue weighted by Crippen LogP contribution is -2.45. The van der Waals surface area contributed by atoms with Crippen molar-refractivity contribution in [3.8, 4) is 5.88 Å². The van der Waals surface area contributed by atoms with Gasteiger partial charge in [0.2, 0.25) is 11.8 Å². The number of halogens is 2. The molecule has 1 saturated heterocycles. The van der Waals surface area contributed by atoms with Crippen LogP contribution in [0.2, 0.25) is 0 Å². The number of ether oxygens (including phenoxy) is 2. The van der Waals surface area contributed by atoms with Crippen molar-refractivity contribution in [3.63, 3.8) is 0 Å². The molecule has 2 fully saturated rings. The molecule has 2 heterocycles. The zero-order valence-corrected chi connectivity index (χ0v) is 19.3. The van der Waals surface area contributed by atoms with E-state index in [0.717, 1.165) is 50.5 Å². The smallest absolute Gasteiger partial charge is 0.321 e.